The maximum absolute atomic E-state index is 10.1. The van der Waals surface area contributed by atoms with Crippen LogP contribution in [0.25, 0.3) is 0 Å². The highest BCUT2D eigenvalue weighted by molar-refractivity contribution is 14.1. The minimum absolute atomic E-state index is 0.0882. The highest BCUT2D eigenvalue weighted by Crippen LogP contribution is 2.54. The summed E-state index contributed by atoms with van der Waals surface area (Å²) in [6.45, 7) is 4.53. The number of rotatable bonds is 3. The minimum atomic E-state index is -1.55. The van der Waals surface area contributed by atoms with Crippen molar-refractivity contribution in [3.05, 3.63) is 56.3 Å². The molecule has 1 aliphatic carbocycles. The third-order valence-electron chi connectivity index (χ3n) is 5.49. The van der Waals surface area contributed by atoms with Gasteiger partial charge in [-0.05, 0) is 58.8 Å². The Balaban J connectivity index is 2.27. The van der Waals surface area contributed by atoms with E-state index in [1.807, 2.05) is 24.3 Å². The Morgan fingerprint density at radius 1 is 1.30 bits per heavy atom. The number of fused-ring (bicyclic) bond motifs is 1. The molecule has 27 heavy (non-hydrogen) atoms. The first-order valence-electron chi connectivity index (χ1n) is 8.93. The highest BCUT2D eigenvalue weighted by atomic mass is 127. The van der Waals surface area contributed by atoms with Crippen LogP contribution in [0.4, 0.5) is 0 Å². The predicted octanol–water partition coefficient (Wildman–Crippen LogP) is 3.43. The van der Waals surface area contributed by atoms with E-state index >= 15 is 0 Å². The van der Waals surface area contributed by atoms with Gasteiger partial charge in [0.25, 0.3) is 0 Å². The zero-order valence-corrected chi connectivity index (χ0v) is 17.3. The van der Waals surface area contributed by atoms with Crippen LogP contribution in [0.15, 0.2) is 47.2 Å². The number of nitriles is 3. The van der Waals surface area contributed by atoms with Gasteiger partial charge in [0.15, 0.2) is 5.41 Å². The fourth-order valence-corrected chi connectivity index (χ4v) is 4.88. The Bertz CT molecular complexity index is 927. The van der Waals surface area contributed by atoms with E-state index in [4.69, 9.17) is 5.73 Å². The summed E-state index contributed by atoms with van der Waals surface area (Å²) in [7, 11) is 0. The Morgan fingerprint density at radius 2 is 2.04 bits per heavy atom. The van der Waals surface area contributed by atoms with Gasteiger partial charge in [-0.25, -0.2) is 0 Å². The molecule has 0 fully saturated rings. The van der Waals surface area contributed by atoms with Crippen LogP contribution in [0.3, 0.4) is 0 Å². The number of allylic oxidation sites excluding steroid dienone is 2. The van der Waals surface area contributed by atoms with Crippen molar-refractivity contribution in [3.8, 4) is 18.2 Å². The molecule has 2 atom stereocenters. The SMILES string of the molecule is CCCN1CC=C2C(C#N)=C(N)C(C#N)(C#N)[C@@H](c3cccc(I)c3)[C@@H]2C1. The van der Waals surface area contributed by atoms with Gasteiger partial charge in [-0.2, -0.15) is 15.8 Å². The van der Waals surface area contributed by atoms with Gasteiger partial charge < -0.3 is 5.73 Å². The summed E-state index contributed by atoms with van der Waals surface area (Å²) in [5, 5.41) is 29.8. The lowest BCUT2D eigenvalue weighted by Crippen LogP contribution is -2.48. The fourth-order valence-electron chi connectivity index (χ4n) is 4.31. The summed E-state index contributed by atoms with van der Waals surface area (Å²) in [6.07, 6.45) is 3.07. The molecule has 1 aliphatic heterocycles. The summed E-state index contributed by atoms with van der Waals surface area (Å²) in [5.74, 6) is -0.532. The Morgan fingerprint density at radius 3 is 2.63 bits per heavy atom. The molecule has 6 heteroatoms. The average Bonchev–Trinajstić information content (AvgIpc) is 2.67. The normalized spacial score (nSPS) is 24.2. The van der Waals surface area contributed by atoms with Crippen molar-refractivity contribution in [1.29, 1.82) is 15.8 Å². The lowest BCUT2D eigenvalue weighted by atomic mass is 9.58. The van der Waals surface area contributed by atoms with Crippen molar-refractivity contribution in [2.75, 3.05) is 19.6 Å². The Hall–Kier alpha value is -2.34. The first-order chi connectivity index (χ1) is 13.0. The molecule has 0 radical (unpaired) electrons. The second kappa shape index (κ2) is 7.72. The molecule has 0 amide bonds. The maximum Gasteiger partial charge on any atom is 0.191 e. The van der Waals surface area contributed by atoms with Gasteiger partial charge in [0, 0.05) is 28.5 Å². The largest absolute Gasteiger partial charge is 0.399 e. The Kier molecular flexibility index (Phi) is 5.56. The van der Waals surface area contributed by atoms with E-state index in [0.29, 0.717) is 12.1 Å². The van der Waals surface area contributed by atoms with Crippen molar-refractivity contribution in [3.63, 3.8) is 0 Å². The lowest BCUT2D eigenvalue weighted by Gasteiger charge is -2.45. The first-order valence-corrected chi connectivity index (χ1v) is 10.0. The van der Waals surface area contributed by atoms with Crippen LogP contribution in [0, 0.1) is 48.9 Å². The fraction of sp³-hybridized carbons (Fsp3) is 0.381. The van der Waals surface area contributed by atoms with Crippen molar-refractivity contribution < 1.29 is 0 Å². The molecular weight excluding hydrogens is 449 g/mol. The topological polar surface area (TPSA) is 101 Å². The van der Waals surface area contributed by atoms with Crippen LogP contribution in [0.2, 0.25) is 0 Å². The molecule has 5 nitrogen and oxygen atoms in total. The van der Waals surface area contributed by atoms with Gasteiger partial charge in [-0.1, -0.05) is 25.1 Å². The molecule has 2 aliphatic rings. The molecular formula is C21H20IN5. The van der Waals surface area contributed by atoms with Crippen LogP contribution in [-0.2, 0) is 0 Å². The molecule has 0 unspecified atom stereocenters. The molecule has 1 aromatic rings. The van der Waals surface area contributed by atoms with E-state index in [1.54, 1.807) is 0 Å². The zero-order valence-electron chi connectivity index (χ0n) is 15.1. The number of benzene rings is 1. The Labute approximate surface area is 173 Å². The minimum Gasteiger partial charge on any atom is -0.399 e. The summed E-state index contributed by atoms with van der Waals surface area (Å²) in [6, 6.07) is 14.4. The van der Waals surface area contributed by atoms with Crippen LogP contribution < -0.4 is 5.73 Å². The molecule has 0 aromatic heterocycles. The molecule has 2 N–H and O–H groups in total. The summed E-state index contributed by atoms with van der Waals surface area (Å²) in [4.78, 5) is 2.31. The molecule has 0 saturated heterocycles. The monoisotopic (exact) mass is 469 g/mol. The lowest BCUT2D eigenvalue weighted by molar-refractivity contribution is 0.207. The molecule has 1 aromatic carbocycles. The molecule has 1 heterocycles. The molecule has 0 bridgehead atoms. The molecule has 0 saturated carbocycles. The van der Waals surface area contributed by atoms with Gasteiger partial charge >= 0.3 is 0 Å². The molecule has 136 valence electrons. The second-order valence-corrected chi connectivity index (χ2v) is 8.24. The van der Waals surface area contributed by atoms with E-state index in [1.165, 1.54) is 0 Å². The van der Waals surface area contributed by atoms with Crippen molar-refractivity contribution in [1.82, 2.24) is 4.90 Å². The van der Waals surface area contributed by atoms with E-state index in [-0.39, 0.29) is 11.6 Å². The molecule has 0 spiro atoms. The number of halogens is 1. The average molecular weight is 469 g/mol. The van der Waals surface area contributed by atoms with Crippen molar-refractivity contribution in [2.24, 2.45) is 17.1 Å². The van der Waals surface area contributed by atoms with Crippen LogP contribution in [-0.4, -0.2) is 24.5 Å². The van der Waals surface area contributed by atoms with Gasteiger partial charge in [0.1, 0.15) is 6.07 Å². The third kappa shape index (κ3) is 3.12. The van der Waals surface area contributed by atoms with Gasteiger partial charge in [0.2, 0.25) is 0 Å². The van der Waals surface area contributed by atoms with E-state index in [2.05, 4.69) is 58.7 Å². The quantitative estimate of drug-likeness (QED) is 0.684. The summed E-state index contributed by atoms with van der Waals surface area (Å²) < 4.78 is 1.04. The van der Waals surface area contributed by atoms with Gasteiger partial charge in [-0.15, -0.1) is 0 Å². The summed E-state index contributed by atoms with van der Waals surface area (Å²) >= 11 is 2.23. The van der Waals surface area contributed by atoms with Crippen LogP contribution >= 0.6 is 22.6 Å². The predicted molar refractivity (Wildman–Crippen MR) is 111 cm³/mol. The zero-order chi connectivity index (χ0) is 19.6. The van der Waals surface area contributed by atoms with Gasteiger partial charge in [0.05, 0.1) is 23.4 Å². The summed E-state index contributed by atoms with van der Waals surface area (Å²) in [5.41, 5.74) is 6.96. The maximum atomic E-state index is 10.1. The number of hydrogen-bond acceptors (Lipinski definition) is 5. The second-order valence-electron chi connectivity index (χ2n) is 6.99. The number of nitrogens with two attached hydrogens (primary N) is 1. The molecule has 3 rings (SSSR count). The van der Waals surface area contributed by atoms with Crippen molar-refractivity contribution in [2.45, 2.75) is 19.3 Å². The third-order valence-corrected chi connectivity index (χ3v) is 6.16. The van der Waals surface area contributed by atoms with Crippen LogP contribution in [0.1, 0.15) is 24.8 Å². The van der Waals surface area contributed by atoms with E-state index in [0.717, 1.165) is 34.2 Å². The van der Waals surface area contributed by atoms with Crippen molar-refractivity contribution >= 4 is 22.6 Å². The number of hydrogen-bond donors (Lipinski definition) is 1. The van der Waals surface area contributed by atoms with E-state index < -0.39 is 11.3 Å². The standard InChI is InChI=1S/C21H20IN5/c1-2-7-27-8-6-16-17(10-23)20(26)21(12-24,13-25)19(18(16)11-27)14-4-3-5-15(22)9-14/h3-6,9,18-19H,2,7-8,11,26H2,1H3/t18-,19+/m1/s1. The van der Waals surface area contributed by atoms with E-state index in [9.17, 15) is 15.8 Å². The smallest absolute Gasteiger partial charge is 0.191 e. The first kappa shape index (κ1) is 19.4. The number of nitrogens with zero attached hydrogens (tertiary/aromatic N) is 4. The highest BCUT2D eigenvalue weighted by Gasteiger charge is 2.54. The van der Waals surface area contributed by atoms with Crippen LogP contribution in [0.5, 0.6) is 0 Å². The van der Waals surface area contributed by atoms with Gasteiger partial charge in [-0.3, -0.25) is 4.90 Å².